The van der Waals surface area contributed by atoms with Gasteiger partial charge in [0.25, 0.3) is 11.8 Å². The van der Waals surface area contributed by atoms with Crippen molar-refractivity contribution >= 4 is 40.9 Å². The maximum atomic E-state index is 12.5. The van der Waals surface area contributed by atoms with Crippen LogP contribution in [0.5, 0.6) is 11.5 Å². The Kier molecular flexibility index (Phi) is 4.19. The molecule has 0 spiro atoms. The molecule has 0 aliphatic carbocycles. The molecule has 0 atom stereocenters. The van der Waals surface area contributed by atoms with Gasteiger partial charge < -0.3 is 9.47 Å². The Hall–Kier alpha value is -3.27. The number of thiocarbonyl (C=S) groups is 1. The van der Waals surface area contributed by atoms with Crippen molar-refractivity contribution in [3.8, 4) is 11.5 Å². The summed E-state index contributed by atoms with van der Waals surface area (Å²) in [6.07, 6.45) is 2.58. The number of nitro benzene ring substituents is 1. The van der Waals surface area contributed by atoms with Gasteiger partial charge in [0, 0.05) is 6.54 Å². The van der Waals surface area contributed by atoms with E-state index in [1.807, 2.05) is 0 Å². The van der Waals surface area contributed by atoms with Gasteiger partial charge in [-0.1, -0.05) is 6.08 Å². The molecule has 1 N–H and O–H groups in total. The third kappa shape index (κ3) is 2.83. The second-order valence-corrected chi connectivity index (χ2v) is 5.40. The highest BCUT2D eigenvalue weighted by molar-refractivity contribution is 7.80. The van der Waals surface area contributed by atoms with Crippen molar-refractivity contribution in [2.24, 2.45) is 0 Å². The van der Waals surface area contributed by atoms with E-state index >= 15 is 0 Å². The third-order valence-corrected chi connectivity index (χ3v) is 3.85. The topological polar surface area (TPSA) is 111 Å². The fourth-order valence-corrected chi connectivity index (χ4v) is 2.67. The maximum Gasteiger partial charge on any atom is 0.322 e. The van der Waals surface area contributed by atoms with Gasteiger partial charge in [0.2, 0.25) is 12.5 Å². The highest BCUT2D eigenvalue weighted by atomic mass is 32.1. The van der Waals surface area contributed by atoms with Crippen LogP contribution < -0.4 is 14.8 Å². The first kappa shape index (κ1) is 16.6. The SMILES string of the molecule is C=CCN1C(=O)/C(=C/c2ccc3c(c2[N+](=O)[O-])OCO3)C(=O)NC1=S. The molecular weight excluding hydrogens is 350 g/mol. The third-order valence-electron chi connectivity index (χ3n) is 3.52. The van der Waals surface area contributed by atoms with E-state index < -0.39 is 16.7 Å². The summed E-state index contributed by atoms with van der Waals surface area (Å²) in [7, 11) is 0. The molecular formula is C15H11N3O6S. The number of amides is 2. The van der Waals surface area contributed by atoms with E-state index in [0.29, 0.717) is 0 Å². The lowest BCUT2D eigenvalue weighted by Gasteiger charge is -2.27. The summed E-state index contributed by atoms with van der Waals surface area (Å²) in [6, 6.07) is 2.85. The van der Waals surface area contributed by atoms with Crippen molar-refractivity contribution < 1.29 is 24.0 Å². The van der Waals surface area contributed by atoms with Gasteiger partial charge >= 0.3 is 5.69 Å². The quantitative estimate of drug-likeness (QED) is 0.214. The number of benzene rings is 1. The first-order valence-electron chi connectivity index (χ1n) is 7.00. The van der Waals surface area contributed by atoms with Crippen molar-refractivity contribution in [1.29, 1.82) is 0 Å². The first-order valence-corrected chi connectivity index (χ1v) is 7.41. The predicted octanol–water partition coefficient (Wildman–Crippen LogP) is 1.14. The highest BCUT2D eigenvalue weighted by Gasteiger charge is 2.35. The Morgan fingerprint density at radius 3 is 2.84 bits per heavy atom. The summed E-state index contributed by atoms with van der Waals surface area (Å²) in [6.45, 7) is 3.48. The van der Waals surface area contributed by atoms with Crippen LogP contribution in [0.1, 0.15) is 5.56 Å². The molecule has 128 valence electrons. The zero-order chi connectivity index (χ0) is 18.1. The zero-order valence-corrected chi connectivity index (χ0v) is 13.5. The number of hydrogen-bond donors (Lipinski definition) is 1. The van der Waals surface area contributed by atoms with Crippen LogP contribution in [0.4, 0.5) is 5.69 Å². The summed E-state index contributed by atoms with van der Waals surface area (Å²) in [5.74, 6) is -1.22. The van der Waals surface area contributed by atoms with Gasteiger partial charge in [0.15, 0.2) is 10.9 Å². The maximum absolute atomic E-state index is 12.5. The molecule has 1 fully saturated rings. The standard InChI is InChI=1S/C15H11N3O6S/c1-2-5-17-14(20)9(13(19)16-15(17)25)6-8-3-4-10-12(24-7-23-10)11(8)18(21)22/h2-4,6H,1,5,7H2,(H,16,19,25)/b9-6+. The van der Waals surface area contributed by atoms with Gasteiger partial charge in [-0.3, -0.25) is 29.9 Å². The van der Waals surface area contributed by atoms with Gasteiger partial charge in [-0.05, 0) is 30.4 Å². The molecule has 10 heteroatoms. The van der Waals surface area contributed by atoms with Gasteiger partial charge in [0.05, 0.1) is 10.5 Å². The summed E-state index contributed by atoms with van der Waals surface area (Å²) in [4.78, 5) is 36.5. The molecule has 2 heterocycles. The normalized spacial score (nSPS) is 17.7. The summed E-state index contributed by atoms with van der Waals surface area (Å²) < 4.78 is 10.2. The van der Waals surface area contributed by atoms with Crippen molar-refractivity contribution in [2.75, 3.05) is 13.3 Å². The number of carbonyl (C=O) groups excluding carboxylic acids is 2. The number of carbonyl (C=O) groups is 2. The largest absolute Gasteiger partial charge is 0.453 e. The zero-order valence-electron chi connectivity index (χ0n) is 12.7. The Morgan fingerprint density at radius 2 is 2.16 bits per heavy atom. The number of nitrogens with one attached hydrogen (secondary N) is 1. The summed E-state index contributed by atoms with van der Waals surface area (Å²) in [5, 5.41) is 13.7. The smallest absolute Gasteiger partial charge is 0.322 e. The summed E-state index contributed by atoms with van der Waals surface area (Å²) >= 11 is 4.95. The van der Waals surface area contributed by atoms with E-state index in [4.69, 9.17) is 21.7 Å². The number of nitrogens with zero attached hydrogens (tertiary/aromatic N) is 2. The van der Waals surface area contributed by atoms with E-state index in [1.165, 1.54) is 18.2 Å². The molecule has 0 saturated carbocycles. The van der Waals surface area contributed by atoms with Gasteiger partial charge in [0.1, 0.15) is 5.57 Å². The van der Waals surface area contributed by atoms with Crippen LogP contribution in [0.3, 0.4) is 0 Å². The van der Waals surface area contributed by atoms with Gasteiger partial charge in [-0.2, -0.15) is 0 Å². The average molecular weight is 361 g/mol. The molecule has 0 aromatic heterocycles. The fourth-order valence-electron chi connectivity index (χ4n) is 2.42. The minimum atomic E-state index is -0.734. The molecule has 3 rings (SSSR count). The first-order chi connectivity index (χ1) is 11.9. The van der Waals surface area contributed by atoms with Crippen LogP contribution >= 0.6 is 12.2 Å². The van der Waals surface area contributed by atoms with Gasteiger partial charge in [-0.25, -0.2) is 0 Å². The minimum Gasteiger partial charge on any atom is -0.453 e. The molecule has 1 aromatic rings. The van der Waals surface area contributed by atoms with Crippen LogP contribution in [-0.2, 0) is 9.59 Å². The molecule has 1 aromatic carbocycles. The van der Waals surface area contributed by atoms with E-state index in [0.717, 1.165) is 11.0 Å². The van der Waals surface area contributed by atoms with Crippen LogP contribution in [0.25, 0.3) is 6.08 Å². The molecule has 2 aliphatic rings. The average Bonchev–Trinajstić information content (AvgIpc) is 3.03. The van der Waals surface area contributed by atoms with Crippen molar-refractivity contribution in [1.82, 2.24) is 10.2 Å². The molecule has 2 aliphatic heterocycles. The molecule has 1 saturated heterocycles. The van der Waals surface area contributed by atoms with Crippen molar-refractivity contribution in [2.45, 2.75) is 0 Å². The second-order valence-electron chi connectivity index (χ2n) is 5.02. The lowest BCUT2D eigenvalue weighted by atomic mass is 10.0. The number of fused-ring (bicyclic) bond motifs is 1. The monoisotopic (exact) mass is 361 g/mol. The van der Waals surface area contributed by atoms with Crippen molar-refractivity contribution in [3.05, 3.63) is 46.0 Å². The lowest BCUT2D eigenvalue weighted by molar-refractivity contribution is -0.385. The minimum absolute atomic E-state index is 0.0403. The summed E-state index contributed by atoms with van der Waals surface area (Å²) in [5.41, 5.74) is -0.622. The van der Waals surface area contributed by atoms with Crippen LogP contribution in [0.15, 0.2) is 30.4 Å². The van der Waals surface area contributed by atoms with Crippen LogP contribution in [0, 0.1) is 10.1 Å². The van der Waals surface area contributed by atoms with E-state index in [9.17, 15) is 19.7 Å². The Bertz CT molecular complexity index is 863. The van der Waals surface area contributed by atoms with Crippen molar-refractivity contribution in [3.63, 3.8) is 0 Å². The van der Waals surface area contributed by atoms with E-state index in [-0.39, 0.29) is 46.8 Å². The molecule has 2 amide bonds. The van der Waals surface area contributed by atoms with Crippen LogP contribution in [-0.4, -0.2) is 40.1 Å². The predicted molar refractivity (Wildman–Crippen MR) is 89.8 cm³/mol. The number of hydrogen-bond acceptors (Lipinski definition) is 7. The number of nitro groups is 1. The second kappa shape index (κ2) is 6.32. The number of ether oxygens (including phenoxy) is 2. The van der Waals surface area contributed by atoms with Crippen LogP contribution in [0.2, 0.25) is 0 Å². The van der Waals surface area contributed by atoms with Gasteiger partial charge in [-0.15, -0.1) is 6.58 Å². The molecule has 0 unspecified atom stereocenters. The Balaban J connectivity index is 2.09. The molecule has 9 nitrogen and oxygen atoms in total. The van der Waals surface area contributed by atoms with E-state index in [1.54, 1.807) is 0 Å². The Morgan fingerprint density at radius 1 is 1.40 bits per heavy atom. The molecule has 0 bridgehead atoms. The highest BCUT2D eigenvalue weighted by Crippen LogP contribution is 2.43. The van der Waals surface area contributed by atoms with E-state index in [2.05, 4.69) is 11.9 Å². The Labute approximate surface area is 146 Å². The lowest BCUT2D eigenvalue weighted by Crippen LogP contribution is -2.53. The number of rotatable bonds is 4. The molecule has 25 heavy (non-hydrogen) atoms. The molecule has 0 radical (unpaired) electrons. The fraction of sp³-hybridized carbons (Fsp3) is 0.133.